The molecule has 0 atom stereocenters. The third kappa shape index (κ3) is 2.01. The van der Waals surface area contributed by atoms with E-state index in [1.54, 1.807) is 12.1 Å². The summed E-state index contributed by atoms with van der Waals surface area (Å²) in [4.78, 5) is 9.80. The Labute approximate surface area is 69.3 Å². The van der Waals surface area contributed by atoms with Gasteiger partial charge in [-0.15, -0.1) is 0 Å². The number of nitro benzene ring substituents is 1. The van der Waals surface area contributed by atoms with Crippen LogP contribution in [0, 0.1) is 10.1 Å². The normalized spacial score (nSPS) is 9.75. The highest BCUT2D eigenvalue weighted by atomic mass is 16.6. The summed E-state index contributed by atoms with van der Waals surface area (Å²) < 4.78 is 0. The number of benzene rings is 1. The molecule has 12 heavy (non-hydrogen) atoms. The van der Waals surface area contributed by atoms with Crippen LogP contribution in [0.1, 0.15) is 5.56 Å². The van der Waals surface area contributed by atoms with E-state index in [-0.39, 0.29) is 5.69 Å². The fourth-order valence-corrected chi connectivity index (χ4v) is 0.853. The van der Waals surface area contributed by atoms with Crippen LogP contribution in [0.4, 0.5) is 5.69 Å². The molecule has 1 rings (SSSR count). The first-order valence-corrected chi connectivity index (χ1v) is 3.41. The summed E-state index contributed by atoms with van der Waals surface area (Å²) in [7, 11) is 0. The lowest BCUT2D eigenvalue weighted by Gasteiger charge is -1.97. The third-order valence-electron chi connectivity index (χ3n) is 1.45. The molecule has 1 aromatic rings. The molecule has 3 N–H and O–H groups in total. The average Bonchev–Trinajstić information content (AvgIpc) is 2.06. The fraction of sp³-hybridized carbons (Fsp3) is 0.143. The molecule has 0 saturated heterocycles. The molecule has 0 aliphatic carbocycles. The van der Waals surface area contributed by atoms with Gasteiger partial charge in [0.1, 0.15) is 0 Å². The van der Waals surface area contributed by atoms with Gasteiger partial charge in [-0.1, -0.05) is 12.1 Å². The standard InChI is InChI=1S/C7H9N3O2/c8-9-5-6-1-3-7(4-2-6)10(11)12/h1-4,9H,5,8H2. The predicted octanol–water partition coefficient (Wildman–Crippen LogP) is 0.558. The first kappa shape index (κ1) is 8.63. The summed E-state index contributed by atoms with van der Waals surface area (Å²) in [5, 5.41) is 10.2. The lowest BCUT2D eigenvalue weighted by atomic mass is 10.2. The Kier molecular flexibility index (Phi) is 2.73. The molecule has 5 heteroatoms. The molecule has 0 heterocycles. The second-order valence-electron chi connectivity index (χ2n) is 2.30. The van der Waals surface area contributed by atoms with E-state index in [0.29, 0.717) is 6.54 Å². The molecule has 1 aromatic carbocycles. The van der Waals surface area contributed by atoms with Crippen molar-refractivity contribution in [2.75, 3.05) is 0 Å². The number of nitrogens with one attached hydrogen (secondary N) is 1. The minimum Gasteiger partial charge on any atom is -0.271 e. The van der Waals surface area contributed by atoms with E-state index in [4.69, 9.17) is 5.84 Å². The van der Waals surface area contributed by atoms with Crippen molar-refractivity contribution in [2.24, 2.45) is 5.84 Å². The van der Waals surface area contributed by atoms with Gasteiger partial charge < -0.3 is 0 Å². The SMILES string of the molecule is NNCc1ccc([N+](=O)[O-])cc1. The molecule has 0 aromatic heterocycles. The number of nitrogens with zero attached hydrogens (tertiary/aromatic N) is 1. The van der Waals surface area contributed by atoms with Crippen molar-refractivity contribution in [2.45, 2.75) is 6.54 Å². The Bertz CT molecular complexity index is 270. The molecule has 0 spiro atoms. The van der Waals surface area contributed by atoms with Gasteiger partial charge in [-0.2, -0.15) is 0 Å². The number of non-ortho nitro benzene ring substituents is 1. The number of nitro groups is 1. The molecule has 0 amide bonds. The lowest BCUT2D eigenvalue weighted by molar-refractivity contribution is -0.384. The third-order valence-corrected chi connectivity index (χ3v) is 1.45. The molecule has 64 valence electrons. The van der Waals surface area contributed by atoms with Crippen molar-refractivity contribution in [3.63, 3.8) is 0 Å². The van der Waals surface area contributed by atoms with Crippen molar-refractivity contribution in [1.82, 2.24) is 5.43 Å². The van der Waals surface area contributed by atoms with E-state index in [1.165, 1.54) is 12.1 Å². The maximum absolute atomic E-state index is 10.2. The van der Waals surface area contributed by atoms with Crippen molar-refractivity contribution < 1.29 is 4.92 Å². The Balaban J connectivity index is 2.78. The molecule has 0 radical (unpaired) electrons. The lowest BCUT2D eigenvalue weighted by Crippen LogP contribution is -2.20. The van der Waals surface area contributed by atoms with Gasteiger partial charge in [0.15, 0.2) is 0 Å². The highest BCUT2D eigenvalue weighted by molar-refractivity contribution is 5.32. The van der Waals surface area contributed by atoms with Crippen LogP contribution in [0.3, 0.4) is 0 Å². The van der Waals surface area contributed by atoms with Crippen LogP contribution >= 0.6 is 0 Å². The minimum absolute atomic E-state index is 0.0933. The van der Waals surface area contributed by atoms with Gasteiger partial charge in [0.2, 0.25) is 0 Å². The molecule has 0 saturated carbocycles. The van der Waals surface area contributed by atoms with Crippen molar-refractivity contribution >= 4 is 5.69 Å². The second kappa shape index (κ2) is 3.80. The zero-order valence-electron chi connectivity index (χ0n) is 6.36. The van der Waals surface area contributed by atoms with Gasteiger partial charge in [-0.05, 0) is 5.56 Å². The van der Waals surface area contributed by atoms with Crippen LogP contribution < -0.4 is 11.3 Å². The molecule has 0 aliphatic rings. The van der Waals surface area contributed by atoms with Gasteiger partial charge in [-0.3, -0.25) is 21.4 Å². The van der Waals surface area contributed by atoms with Gasteiger partial charge in [0, 0.05) is 18.7 Å². The highest BCUT2D eigenvalue weighted by Gasteiger charge is 2.02. The average molecular weight is 167 g/mol. The summed E-state index contributed by atoms with van der Waals surface area (Å²) in [5.41, 5.74) is 3.48. The molecule has 0 aliphatic heterocycles. The molecular formula is C7H9N3O2. The maximum atomic E-state index is 10.2. The summed E-state index contributed by atoms with van der Waals surface area (Å²) in [6, 6.07) is 6.23. The smallest absolute Gasteiger partial charge is 0.269 e. The molecule has 0 fully saturated rings. The monoisotopic (exact) mass is 167 g/mol. The molecular weight excluding hydrogens is 158 g/mol. The molecule has 5 nitrogen and oxygen atoms in total. The van der Waals surface area contributed by atoms with Gasteiger partial charge >= 0.3 is 0 Å². The number of hydrazine groups is 1. The van der Waals surface area contributed by atoms with E-state index >= 15 is 0 Å². The molecule has 0 unspecified atom stereocenters. The van der Waals surface area contributed by atoms with Crippen LogP contribution in [0.5, 0.6) is 0 Å². The van der Waals surface area contributed by atoms with Gasteiger partial charge in [0.05, 0.1) is 4.92 Å². The quantitative estimate of drug-likeness (QED) is 0.391. The zero-order valence-corrected chi connectivity index (χ0v) is 6.36. The second-order valence-corrected chi connectivity index (χ2v) is 2.30. The van der Waals surface area contributed by atoms with E-state index in [1.807, 2.05) is 0 Å². The number of hydrogen-bond acceptors (Lipinski definition) is 4. The predicted molar refractivity (Wildman–Crippen MR) is 44.1 cm³/mol. The van der Waals surface area contributed by atoms with Crippen molar-refractivity contribution in [3.8, 4) is 0 Å². The first-order valence-electron chi connectivity index (χ1n) is 3.41. The van der Waals surface area contributed by atoms with Gasteiger partial charge in [-0.25, -0.2) is 0 Å². The fourth-order valence-electron chi connectivity index (χ4n) is 0.853. The topological polar surface area (TPSA) is 81.2 Å². The Hall–Kier alpha value is -1.46. The van der Waals surface area contributed by atoms with Crippen molar-refractivity contribution in [1.29, 1.82) is 0 Å². The summed E-state index contributed by atoms with van der Waals surface area (Å²) in [5.74, 6) is 5.07. The van der Waals surface area contributed by atoms with Crippen LogP contribution in [0.25, 0.3) is 0 Å². The van der Waals surface area contributed by atoms with E-state index < -0.39 is 4.92 Å². The number of nitrogens with two attached hydrogens (primary N) is 1. The van der Waals surface area contributed by atoms with E-state index in [0.717, 1.165) is 5.56 Å². The maximum Gasteiger partial charge on any atom is 0.269 e. The largest absolute Gasteiger partial charge is 0.271 e. The Morgan fingerprint density at radius 3 is 2.42 bits per heavy atom. The molecule has 0 bridgehead atoms. The van der Waals surface area contributed by atoms with Crippen LogP contribution in [0.2, 0.25) is 0 Å². The highest BCUT2D eigenvalue weighted by Crippen LogP contribution is 2.11. The van der Waals surface area contributed by atoms with Crippen LogP contribution in [-0.2, 0) is 6.54 Å². The minimum atomic E-state index is -0.431. The summed E-state index contributed by atoms with van der Waals surface area (Å²) >= 11 is 0. The van der Waals surface area contributed by atoms with Gasteiger partial charge in [0.25, 0.3) is 5.69 Å². The number of hydrogen-bond donors (Lipinski definition) is 2. The van der Waals surface area contributed by atoms with Crippen molar-refractivity contribution in [3.05, 3.63) is 39.9 Å². The summed E-state index contributed by atoms with van der Waals surface area (Å²) in [6.07, 6.45) is 0. The van der Waals surface area contributed by atoms with Crippen LogP contribution in [-0.4, -0.2) is 4.92 Å². The Morgan fingerprint density at radius 2 is 2.00 bits per heavy atom. The van der Waals surface area contributed by atoms with E-state index in [9.17, 15) is 10.1 Å². The van der Waals surface area contributed by atoms with Crippen LogP contribution in [0.15, 0.2) is 24.3 Å². The first-order chi connectivity index (χ1) is 5.74. The Morgan fingerprint density at radius 1 is 1.42 bits per heavy atom. The van der Waals surface area contributed by atoms with E-state index in [2.05, 4.69) is 5.43 Å². The number of rotatable bonds is 3. The summed E-state index contributed by atoms with van der Waals surface area (Å²) in [6.45, 7) is 0.512. The zero-order chi connectivity index (χ0) is 8.97.